The monoisotopic (exact) mass is 319 g/mol. The van der Waals surface area contributed by atoms with E-state index in [1.165, 1.54) is 5.01 Å². The molecule has 0 aliphatic carbocycles. The molecule has 0 bridgehead atoms. The average molecular weight is 319 g/mol. The summed E-state index contributed by atoms with van der Waals surface area (Å²) in [5.74, 6) is -0.166. The average Bonchev–Trinajstić information content (AvgIpc) is 2.92. The van der Waals surface area contributed by atoms with E-state index in [0.717, 1.165) is 11.1 Å². The highest BCUT2D eigenvalue weighted by molar-refractivity contribution is 5.93. The summed E-state index contributed by atoms with van der Waals surface area (Å²) in [7, 11) is 0. The smallest absolute Gasteiger partial charge is 0.269 e. The summed E-state index contributed by atoms with van der Waals surface area (Å²) in [5.41, 5.74) is 0.471. The molecule has 122 valence electrons. The number of benzene rings is 2. The second kappa shape index (κ2) is 6.04. The first-order valence-electron chi connectivity index (χ1n) is 8.00. The van der Waals surface area contributed by atoms with Crippen LogP contribution < -0.4 is 0 Å². The molecule has 0 fully saturated rings. The molecule has 1 aliphatic rings. The van der Waals surface area contributed by atoms with Gasteiger partial charge in [-0.2, -0.15) is 5.01 Å². The number of amides is 1. The molecule has 0 saturated carbocycles. The van der Waals surface area contributed by atoms with Crippen LogP contribution in [-0.2, 0) is 10.3 Å². The summed E-state index contributed by atoms with van der Waals surface area (Å²) in [6.45, 7) is 6.22. The van der Waals surface area contributed by atoms with Crippen LogP contribution in [0.5, 0.6) is 0 Å². The SMILES string of the molecule is CC(C)(C)/C=C\N1N=NC(c2ccccc2)(c2ccccc2)C1=O. The summed E-state index contributed by atoms with van der Waals surface area (Å²) in [4.78, 5) is 13.2. The van der Waals surface area contributed by atoms with Crippen molar-refractivity contribution in [3.05, 3.63) is 84.1 Å². The zero-order valence-corrected chi connectivity index (χ0v) is 14.2. The van der Waals surface area contributed by atoms with Crippen molar-refractivity contribution in [3.8, 4) is 0 Å². The lowest BCUT2D eigenvalue weighted by atomic mass is 9.83. The van der Waals surface area contributed by atoms with Crippen LogP contribution in [0.15, 0.2) is 83.3 Å². The Labute approximate surface area is 142 Å². The van der Waals surface area contributed by atoms with E-state index in [4.69, 9.17) is 0 Å². The maximum Gasteiger partial charge on any atom is 0.287 e. The van der Waals surface area contributed by atoms with Crippen molar-refractivity contribution in [2.24, 2.45) is 15.8 Å². The lowest BCUT2D eigenvalue weighted by Gasteiger charge is -2.24. The van der Waals surface area contributed by atoms with Gasteiger partial charge in [-0.15, -0.1) is 5.11 Å². The Morgan fingerprint density at radius 3 is 1.88 bits per heavy atom. The molecular weight excluding hydrogens is 298 g/mol. The van der Waals surface area contributed by atoms with Crippen molar-refractivity contribution in [1.82, 2.24) is 5.01 Å². The first-order chi connectivity index (χ1) is 11.4. The van der Waals surface area contributed by atoms with Crippen LogP contribution in [0.1, 0.15) is 31.9 Å². The van der Waals surface area contributed by atoms with E-state index >= 15 is 0 Å². The normalized spacial score (nSPS) is 17.0. The third-order valence-corrected chi connectivity index (χ3v) is 3.91. The van der Waals surface area contributed by atoms with E-state index in [1.54, 1.807) is 6.20 Å². The highest BCUT2D eigenvalue weighted by Gasteiger charge is 2.49. The predicted molar refractivity (Wildman–Crippen MR) is 94.0 cm³/mol. The summed E-state index contributed by atoms with van der Waals surface area (Å²) in [5, 5.41) is 9.91. The fraction of sp³-hybridized carbons (Fsp3) is 0.250. The predicted octanol–water partition coefficient (Wildman–Crippen LogP) is 4.70. The second-order valence-electron chi connectivity index (χ2n) is 6.96. The summed E-state index contributed by atoms with van der Waals surface area (Å²) in [6, 6.07) is 19.2. The van der Waals surface area contributed by atoms with Gasteiger partial charge in [0.05, 0.1) is 0 Å². The minimum atomic E-state index is -1.12. The first-order valence-corrected chi connectivity index (χ1v) is 8.00. The maximum absolute atomic E-state index is 13.2. The summed E-state index contributed by atoms with van der Waals surface area (Å²) < 4.78 is 0. The second-order valence-corrected chi connectivity index (χ2v) is 6.96. The highest BCUT2D eigenvalue weighted by Crippen LogP contribution is 2.40. The molecule has 0 spiro atoms. The van der Waals surface area contributed by atoms with Crippen molar-refractivity contribution in [2.75, 3.05) is 0 Å². The molecule has 0 N–H and O–H groups in total. The van der Waals surface area contributed by atoms with Gasteiger partial charge in [-0.1, -0.05) is 92.7 Å². The van der Waals surface area contributed by atoms with E-state index in [2.05, 4.69) is 31.1 Å². The van der Waals surface area contributed by atoms with E-state index in [9.17, 15) is 4.79 Å². The van der Waals surface area contributed by atoms with Crippen LogP contribution in [0.3, 0.4) is 0 Å². The number of carbonyl (C=O) groups is 1. The molecule has 4 heteroatoms. The van der Waals surface area contributed by atoms with Crippen LogP contribution in [0.25, 0.3) is 0 Å². The van der Waals surface area contributed by atoms with Gasteiger partial charge in [-0.25, -0.2) is 0 Å². The number of hydrogen-bond donors (Lipinski definition) is 0. The van der Waals surface area contributed by atoms with Crippen LogP contribution in [0.2, 0.25) is 0 Å². The minimum absolute atomic E-state index is 0.0411. The van der Waals surface area contributed by atoms with Gasteiger partial charge in [0, 0.05) is 6.20 Å². The van der Waals surface area contributed by atoms with Gasteiger partial charge < -0.3 is 0 Å². The Morgan fingerprint density at radius 2 is 1.42 bits per heavy atom. The van der Waals surface area contributed by atoms with Gasteiger partial charge in [0.1, 0.15) is 0 Å². The van der Waals surface area contributed by atoms with Crippen molar-refractivity contribution in [3.63, 3.8) is 0 Å². The summed E-state index contributed by atoms with van der Waals surface area (Å²) >= 11 is 0. The lowest BCUT2D eigenvalue weighted by molar-refractivity contribution is -0.130. The Kier molecular flexibility index (Phi) is 4.06. The Hall–Kier alpha value is -2.75. The Balaban J connectivity index is 2.08. The third-order valence-electron chi connectivity index (χ3n) is 3.91. The molecule has 24 heavy (non-hydrogen) atoms. The van der Waals surface area contributed by atoms with Gasteiger partial charge in [-0.05, 0) is 16.5 Å². The van der Waals surface area contributed by atoms with E-state index < -0.39 is 5.54 Å². The van der Waals surface area contributed by atoms with Crippen molar-refractivity contribution in [1.29, 1.82) is 0 Å². The zero-order chi connectivity index (χ0) is 17.2. The summed E-state index contributed by atoms with van der Waals surface area (Å²) in [6.07, 6.45) is 3.66. The molecule has 0 radical (unpaired) electrons. The molecule has 4 nitrogen and oxygen atoms in total. The molecule has 0 saturated heterocycles. The van der Waals surface area contributed by atoms with Crippen LogP contribution >= 0.6 is 0 Å². The topological polar surface area (TPSA) is 45.0 Å². The molecule has 2 aromatic rings. The third kappa shape index (κ3) is 2.87. The molecule has 2 aromatic carbocycles. The molecular formula is C20H21N3O. The van der Waals surface area contributed by atoms with Gasteiger partial charge in [-0.3, -0.25) is 4.79 Å². The number of nitrogens with zero attached hydrogens (tertiary/aromatic N) is 3. The van der Waals surface area contributed by atoms with E-state index in [1.807, 2.05) is 66.7 Å². The number of allylic oxidation sites excluding steroid dienone is 1. The van der Waals surface area contributed by atoms with E-state index in [0.29, 0.717) is 0 Å². The van der Waals surface area contributed by atoms with E-state index in [-0.39, 0.29) is 11.3 Å². The lowest BCUT2D eigenvalue weighted by Crippen LogP contribution is -2.37. The van der Waals surface area contributed by atoms with Crippen molar-refractivity contribution < 1.29 is 4.79 Å². The zero-order valence-electron chi connectivity index (χ0n) is 14.2. The fourth-order valence-electron chi connectivity index (χ4n) is 2.64. The molecule has 3 rings (SSSR count). The van der Waals surface area contributed by atoms with Crippen molar-refractivity contribution >= 4 is 5.91 Å². The van der Waals surface area contributed by atoms with Crippen LogP contribution in [0, 0.1) is 5.41 Å². The van der Waals surface area contributed by atoms with Gasteiger partial charge in [0.2, 0.25) is 5.54 Å². The van der Waals surface area contributed by atoms with Crippen molar-refractivity contribution in [2.45, 2.75) is 26.3 Å². The van der Waals surface area contributed by atoms with Crippen LogP contribution in [-0.4, -0.2) is 10.9 Å². The molecule has 0 aromatic heterocycles. The standard InChI is InChI=1S/C20H21N3O/c1-19(2,3)14-15-23-18(24)20(21-22-23,16-10-6-4-7-11-16)17-12-8-5-9-13-17/h4-15H,1-3H3/b15-14-. The number of hydrogen-bond acceptors (Lipinski definition) is 3. The highest BCUT2D eigenvalue weighted by atomic mass is 16.2. The Bertz CT molecular complexity index is 734. The Morgan fingerprint density at radius 1 is 0.917 bits per heavy atom. The van der Waals surface area contributed by atoms with Gasteiger partial charge in [0.25, 0.3) is 5.91 Å². The molecule has 1 amide bonds. The van der Waals surface area contributed by atoms with Gasteiger partial charge >= 0.3 is 0 Å². The van der Waals surface area contributed by atoms with Gasteiger partial charge in [0.15, 0.2) is 0 Å². The quantitative estimate of drug-likeness (QED) is 0.808. The molecule has 0 atom stereocenters. The fourth-order valence-corrected chi connectivity index (χ4v) is 2.64. The number of carbonyl (C=O) groups excluding carboxylic acids is 1. The maximum atomic E-state index is 13.2. The minimum Gasteiger partial charge on any atom is -0.269 e. The molecule has 1 heterocycles. The number of rotatable bonds is 3. The largest absolute Gasteiger partial charge is 0.287 e. The molecule has 1 aliphatic heterocycles. The van der Waals surface area contributed by atoms with Crippen LogP contribution in [0.4, 0.5) is 0 Å². The molecule has 0 unspecified atom stereocenters. The first kappa shape index (κ1) is 16.1.